The number of carbonyl (C=O) groups is 1. The molecule has 1 heterocycles. The maximum absolute atomic E-state index is 11.5. The molecule has 0 fully saturated rings. The Morgan fingerprint density at radius 1 is 1.59 bits per heavy atom. The van der Waals surface area contributed by atoms with E-state index in [0.29, 0.717) is 11.6 Å². The van der Waals surface area contributed by atoms with Crippen LogP contribution >= 0.6 is 0 Å². The molecular formula is C13H18N2O2. The van der Waals surface area contributed by atoms with Gasteiger partial charge < -0.3 is 15.0 Å². The van der Waals surface area contributed by atoms with E-state index in [1.807, 2.05) is 18.2 Å². The number of fused-ring (bicyclic) bond motifs is 1. The van der Waals surface area contributed by atoms with Crippen LogP contribution in [0.2, 0.25) is 0 Å². The Hall–Kier alpha value is -1.71. The zero-order valence-electron chi connectivity index (χ0n) is 10.5. The zero-order chi connectivity index (χ0) is 12.4. The fourth-order valence-electron chi connectivity index (χ4n) is 2.21. The highest BCUT2D eigenvalue weighted by atomic mass is 16.5. The Labute approximate surface area is 102 Å². The van der Waals surface area contributed by atoms with Gasteiger partial charge >= 0.3 is 5.97 Å². The number of nitrogens with one attached hydrogen (secondary N) is 1. The Balaban J connectivity index is 2.37. The minimum Gasteiger partial charge on any atom is -0.465 e. The van der Waals surface area contributed by atoms with Gasteiger partial charge in [-0.3, -0.25) is 0 Å². The van der Waals surface area contributed by atoms with Gasteiger partial charge in [-0.15, -0.1) is 0 Å². The maximum atomic E-state index is 11.5. The fraction of sp³-hybridized carbons (Fsp3) is 0.462. The van der Waals surface area contributed by atoms with E-state index in [0.717, 1.165) is 24.5 Å². The molecule has 0 spiro atoms. The summed E-state index contributed by atoms with van der Waals surface area (Å²) >= 11 is 0. The van der Waals surface area contributed by atoms with Crippen LogP contribution in [0.15, 0.2) is 18.2 Å². The summed E-state index contributed by atoms with van der Waals surface area (Å²) in [5.41, 5.74) is 2.75. The van der Waals surface area contributed by atoms with Gasteiger partial charge in [0.1, 0.15) is 0 Å². The first-order valence-corrected chi connectivity index (χ1v) is 5.89. The number of methoxy groups -OCH3 is 1. The van der Waals surface area contributed by atoms with Crippen molar-refractivity contribution >= 4 is 17.3 Å². The minimum absolute atomic E-state index is 0.295. The average molecular weight is 234 g/mol. The number of likely N-dealkylation sites (N-methyl/N-ethyl adjacent to an activating group) is 1. The maximum Gasteiger partial charge on any atom is 0.337 e. The minimum atomic E-state index is -0.295. The molecule has 2 rings (SSSR count). The van der Waals surface area contributed by atoms with Crippen molar-refractivity contribution in [3.63, 3.8) is 0 Å². The quantitative estimate of drug-likeness (QED) is 0.796. The van der Waals surface area contributed by atoms with Crippen LogP contribution in [-0.4, -0.2) is 32.2 Å². The van der Waals surface area contributed by atoms with E-state index in [4.69, 9.17) is 4.74 Å². The molecule has 0 bridgehead atoms. The number of benzene rings is 1. The van der Waals surface area contributed by atoms with Crippen LogP contribution in [0.3, 0.4) is 0 Å². The number of hydrogen-bond acceptors (Lipinski definition) is 4. The summed E-state index contributed by atoms with van der Waals surface area (Å²) in [5, 5.41) is 3.39. The van der Waals surface area contributed by atoms with E-state index in [-0.39, 0.29) is 5.97 Å². The molecule has 0 aromatic heterocycles. The van der Waals surface area contributed by atoms with Crippen LogP contribution in [0.5, 0.6) is 0 Å². The topological polar surface area (TPSA) is 41.6 Å². The third kappa shape index (κ3) is 2.20. The lowest BCUT2D eigenvalue weighted by molar-refractivity contribution is 0.0601. The van der Waals surface area contributed by atoms with Crippen LogP contribution < -0.4 is 10.2 Å². The smallest absolute Gasteiger partial charge is 0.337 e. The predicted molar refractivity (Wildman–Crippen MR) is 68.8 cm³/mol. The Morgan fingerprint density at radius 2 is 2.35 bits per heavy atom. The second-order valence-electron chi connectivity index (χ2n) is 4.31. The predicted octanol–water partition coefficient (Wildman–Crippen LogP) is 2.11. The van der Waals surface area contributed by atoms with Crippen molar-refractivity contribution in [1.29, 1.82) is 0 Å². The van der Waals surface area contributed by atoms with Crippen molar-refractivity contribution in [3.05, 3.63) is 23.8 Å². The molecule has 1 aliphatic rings. The second-order valence-corrected chi connectivity index (χ2v) is 4.31. The van der Waals surface area contributed by atoms with Crippen molar-refractivity contribution in [2.45, 2.75) is 19.9 Å². The molecule has 92 valence electrons. The van der Waals surface area contributed by atoms with Crippen LogP contribution in [0, 0.1) is 0 Å². The Bertz CT molecular complexity index is 431. The molecule has 0 saturated heterocycles. The fourth-order valence-corrected chi connectivity index (χ4v) is 2.21. The van der Waals surface area contributed by atoms with Gasteiger partial charge in [0.15, 0.2) is 0 Å². The lowest BCUT2D eigenvalue weighted by atomic mass is 10.1. The van der Waals surface area contributed by atoms with Gasteiger partial charge in [0.2, 0.25) is 0 Å². The van der Waals surface area contributed by atoms with Crippen LogP contribution in [0.25, 0.3) is 0 Å². The molecule has 4 heteroatoms. The van der Waals surface area contributed by atoms with Crippen molar-refractivity contribution in [2.75, 3.05) is 30.4 Å². The number of carbonyl (C=O) groups excluding carboxylic acids is 1. The van der Waals surface area contributed by atoms with Gasteiger partial charge in [0.05, 0.1) is 24.0 Å². The third-order valence-electron chi connectivity index (χ3n) is 3.04. The van der Waals surface area contributed by atoms with E-state index in [9.17, 15) is 4.79 Å². The standard InChI is InChI=1S/C13H18N2O2/c1-4-15-8-9(2)14-11-7-10(13(16)17-3)5-6-12(11)15/h5-7,9,14H,4,8H2,1-3H3. The SMILES string of the molecule is CCN1CC(C)Nc2cc(C(=O)OC)ccc21. The van der Waals surface area contributed by atoms with Crippen LogP contribution in [-0.2, 0) is 4.74 Å². The van der Waals surface area contributed by atoms with Crippen LogP contribution in [0.4, 0.5) is 11.4 Å². The van der Waals surface area contributed by atoms with E-state index in [2.05, 4.69) is 24.1 Å². The molecule has 17 heavy (non-hydrogen) atoms. The summed E-state index contributed by atoms with van der Waals surface area (Å²) in [7, 11) is 1.40. The number of nitrogens with zero attached hydrogens (tertiary/aromatic N) is 1. The second kappa shape index (κ2) is 4.65. The van der Waals surface area contributed by atoms with Crippen molar-refractivity contribution in [2.24, 2.45) is 0 Å². The number of esters is 1. The molecule has 4 nitrogen and oxygen atoms in total. The first kappa shape index (κ1) is 11.8. The molecule has 1 atom stereocenters. The number of rotatable bonds is 2. The van der Waals surface area contributed by atoms with Gasteiger partial charge in [-0.1, -0.05) is 0 Å². The Morgan fingerprint density at radius 3 is 3.00 bits per heavy atom. The molecule has 0 aliphatic carbocycles. The molecule has 0 amide bonds. The highest BCUT2D eigenvalue weighted by molar-refractivity contribution is 5.92. The van der Waals surface area contributed by atoms with Crippen molar-refractivity contribution < 1.29 is 9.53 Å². The molecule has 1 N–H and O–H groups in total. The summed E-state index contributed by atoms with van der Waals surface area (Å²) in [6.45, 7) is 6.23. The van der Waals surface area contributed by atoms with Crippen LogP contribution in [0.1, 0.15) is 24.2 Å². The molecule has 0 saturated carbocycles. The van der Waals surface area contributed by atoms with Gasteiger partial charge in [-0.2, -0.15) is 0 Å². The van der Waals surface area contributed by atoms with Crippen molar-refractivity contribution in [1.82, 2.24) is 0 Å². The van der Waals surface area contributed by atoms with E-state index < -0.39 is 0 Å². The zero-order valence-corrected chi connectivity index (χ0v) is 10.5. The van der Waals surface area contributed by atoms with Gasteiger partial charge in [0.25, 0.3) is 0 Å². The lowest BCUT2D eigenvalue weighted by Gasteiger charge is -2.35. The van der Waals surface area contributed by atoms with E-state index in [1.54, 1.807) is 0 Å². The average Bonchev–Trinajstić information content (AvgIpc) is 2.35. The normalized spacial score (nSPS) is 18.3. The molecule has 1 unspecified atom stereocenters. The highest BCUT2D eigenvalue weighted by Crippen LogP contribution is 2.31. The van der Waals surface area contributed by atoms with Gasteiger partial charge in [0, 0.05) is 19.1 Å². The van der Waals surface area contributed by atoms with E-state index in [1.165, 1.54) is 7.11 Å². The number of hydrogen-bond donors (Lipinski definition) is 1. The first-order valence-electron chi connectivity index (χ1n) is 5.89. The molecule has 0 radical (unpaired) electrons. The largest absolute Gasteiger partial charge is 0.465 e. The first-order chi connectivity index (χ1) is 8.15. The molecule has 1 aromatic carbocycles. The number of ether oxygens (including phenoxy) is 1. The number of anilines is 2. The lowest BCUT2D eigenvalue weighted by Crippen LogP contribution is -2.39. The summed E-state index contributed by atoms with van der Waals surface area (Å²) in [5.74, 6) is -0.295. The summed E-state index contributed by atoms with van der Waals surface area (Å²) in [4.78, 5) is 13.8. The monoisotopic (exact) mass is 234 g/mol. The molecular weight excluding hydrogens is 216 g/mol. The van der Waals surface area contributed by atoms with Gasteiger partial charge in [-0.05, 0) is 32.0 Å². The van der Waals surface area contributed by atoms with Crippen molar-refractivity contribution in [3.8, 4) is 0 Å². The summed E-state index contributed by atoms with van der Waals surface area (Å²) < 4.78 is 4.73. The molecule has 1 aromatic rings. The Kier molecular flexibility index (Phi) is 3.22. The highest BCUT2D eigenvalue weighted by Gasteiger charge is 2.21. The summed E-state index contributed by atoms with van der Waals surface area (Å²) in [6.07, 6.45) is 0. The third-order valence-corrected chi connectivity index (χ3v) is 3.04. The van der Waals surface area contributed by atoms with Gasteiger partial charge in [-0.25, -0.2) is 4.79 Å². The summed E-state index contributed by atoms with van der Waals surface area (Å²) in [6, 6.07) is 6.03. The molecule has 1 aliphatic heterocycles. The van der Waals surface area contributed by atoms with E-state index >= 15 is 0 Å².